The second kappa shape index (κ2) is 6.85. The molecule has 0 radical (unpaired) electrons. The molecule has 2 heterocycles. The van der Waals surface area contributed by atoms with Gasteiger partial charge in [0.2, 0.25) is 0 Å². The normalized spacial score (nSPS) is 14.1. The summed E-state index contributed by atoms with van der Waals surface area (Å²) >= 11 is 3.08. The fourth-order valence-corrected chi connectivity index (χ4v) is 2.97. The van der Waals surface area contributed by atoms with Crippen molar-refractivity contribution in [2.75, 3.05) is 5.32 Å². The zero-order chi connectivity index (χ0) is 20.9. The molecule has 0 bridgehead atoms. The number of benzene rings is 1. The summed E-state index contributed by atoms with van der Waals surface area (Å²) in [7, 11) is 1.47. The maximum atomic E-state index is 14.4. The molecule has 148 valence electrons. The number of anilines is 2. The van der Waals surface area contributed by atoms with E-state index in [1.165, 1.54) is 29.8 Å². The van der Waals surface area contributed by atoms with E-state index < -0.39 is 28.7 Å². The van der Waals surface area contributed by atoms with Gasteiger partial charge in [0.25, 0.3) is 5.56 Å². The molecular weight excluding hydrogens is 446 g/mol. The summed E-state index contributed by atoms with van der Waals surface area (Å²) in [5.74, 6) is -0.491. The van der Waals surface area contributed by atoms with Gasteiger partial charge in [0.15, 0.2) is 5.60 Å². The van der Waals surface area contributed by atoms with E-state index in [2.05, 4.69) is 26.2 Å². The number of aromatic nitrogens is 2. The summed E-state index contributed by atoms with van der Waals surface area (Å²) in [6.45, 7) is 0.622. The van der Waals surface area contributed by atoms with Gasteiger partial charge in [-0.1, -0.05) is 6.07 Å². The van der Waals surface area contributed by atoms with Gasteiger partial charge in [-0.3, -0.25) is 4.79 Å². The first kappa shape index (κ1) is 20.3. The number of pyridine rings is 2. The van der Waals surface area contributed by atoms with Crippen molar-refractivity contribution >= 4 is 38.3 Å². The molecule has 1 aromatic carbocycles. The molecule has 1 unspecified atom stereocenters. The molecule has 0 aliphatic heterocycles. The molecule has 2 aromatic heterocycles. The van der Waals surface area contributed by atoms with Gasteiger partial charge in [-0.25, -0.2) is 9.37 Å². The summed E-state index contributed by atoms with van der Waals surface area (Å²) in [5.41, 5.74) is -3.61. The molecule has 1 atom stereocenters. The number of nitrogens with zero attached hydrogens (tertiary/aromatic N) is 2. The van der Waals surface area contributed by atoms with Crippen LogP contribution >= 0.6 is 15.9 Å². The highest BCUT2D eigenvalue weighted by Gasteiger charge is 2.51. The first-order valence-electron chi connectivity index (χ1n) is 7.94. The molecule has 10 heteroatoms. The molecule has 5 nitrogen and oxygen atoms in total. The van der Waals surface area contributed by atoms with Gasteiger partial charge in [-0.2, -0.15) is 13.2 Å². The van der Waals surface area contributed by atoms with E-state index in [0.29, 0.717) is 12.4 Å². The lowest BCUT2D eigenvalue weighted by Crippen LogP contribution is -2.39. The molecule has 0 saturated heterocycles. The van der Waals surface area contributed by atoms with E-state index >= 15 is 0 Å². The molecule has 3 rings (SSSR count). The van der Waals surface area contributed by atoms with Crippen LogP contribution in [0.1, 0.15) is 12.5 Å². The van der Waals surface area contributed by atoms with Crippen LogP contribution in [0.5, 0.6) is 0 Å². The van der Waals surface area contributed by atoms with Gasteiger partial charge in [-0.05, 0) is 47.1 Å². The third-order valence-electron chi connectivity index (χ3n) is 4.44. The molecule has 3 aromatic rings. The Morgan fingerprint density at radius 2 is 1.89 bits per heavy atom. The van der Waals surface area contributed by atoms with E-state index in [-0.39, 0.29) is 21.4 Å². The Hall–Kier alpha value is -2.46. The van der Waals surface area contributed by atoms with Crippen LogP contribution in [-0.4, -0.2) is 20.8 Å². The van der Waals surface area contributed by atoms with Crippen LogP contribution in [0.2, 0.25) is 0 Å². The number of aryl methyl sites for hydroxylation is 1. The minimum Gasteiger partial charge on any atom is -0.376 e. The summed E-state index contributed by atoms with van der Waals surface area (Å²) in [6, 6.07) is 6.61. The minimum atomic E-state index is -4.87. The van der Waals surface area contributed by atoms with Crippen molar-refractivity contribution in [2.45, 2.75) is 18.7 Å². The predicted octanol–water partition coefficient (Wildman–Crippen LogP) is 4.35. The largest absolute Gasteiger partial charge is 0.421 e. The van der Waals surface area contributed by atoms with E-state index in [4.69, 9.17) is 0 Å². The topological polar surface area (TPSA) is 67.2 Å². The second-order valence-corrected chi connectivity index (χ2v) is 7.20. The molecule has 0 amide bonds. The highest BCUT2D eigenvalue weighted by atomic mass is 79.9. The number of alkyl halides is 3. The van der Waals surface area contributed by atoms with E-state index in [1.54, 1.807) is 6.07 Å². The van der Waals surface area contributed by atoms with Crippen LogP contribution in [0.25, 0.3) is 10.9 Å². The SMILES string of the molecule is Cn1c(=O)c(Nc2ccc(C(C)(O)C(F)(F)F)cn2)cc2c(F)c(Br)ccc21. The molecule has 0 fully saturated rings. The zero-order valence-electron chi connectivity index (χ0n) is 14.6. The van der Waals surface area contributed by atoms with Gasteiger partial charge in [0.1, 0.15) is 17.3 Å². The first-order valence-corrected chi connectivity index (χ1v) is 8.73. The van der Waals surface area contributed by atoms with E-state index in [9.17, 15) is 27.5 Å². The van der Waals surface area contributed by atoms with Crippen molar-refractivity contribution < 1.29 is 22.7 Å². The number of rotatable bonds is 3. The molecule has 28 heavy (non-hydrogen) atoms. The summed E-state index contributed by atoms with van der Waals surface area (Å²) in [6.07, 6.45) is -4.01. The quantitative estimate of drug-likeness (QED) is 0.571. The van der Waals surface area contributed by atoms with Crippen molar-refractivity contribution in [3.05, 3.63) is 62.7 Å². The Kier molecular flexibility index (Phi) is 4.96. The number of aliphatic hydroxyl groups is 1. The van der Waals surface area contributed by atoms with Crippen LogP contribution in [0.4, 0.5) is 29.1 Å². The zero-order valence-corrected chi connectivity index (χ0v) is 16.2. The molecule has 2 N–H and O–H groups in total. The van der Waals surface area contributed by atoms with Crippen molar-refractivity contribution in [3.8, 4) is 0 Å². The van der Waals surface area contributed by atoms with Gasteiger partial charge < -0.3 is 15.0 Å². The van der Waals surface area contributed by atoms with Gasteiger partial charge in [0.05, 0.1) is 9.99 Å². The molecule has 0 spiro atoms. The average molecular weight is 460 g/mol. The van der Waals surface area contributed by atoms with Crippen LogP contribution in [-0.2, 0) is 12.6 Å². The fourth-order valence-electron chi connectivity index (χ4n) is 2.63. The standard InChI is InChI=1S/C18H14BrF4N3O2/c1-17(28,18(21,22)23)9-3-6-14(24-8-9)25-12-7-10-13(26(2)16(12)27)5-4-11(19)15(10)20/h3-8,28H,1-2H3,(H,24,25). The molecule has 0 saturated carbocycles. The molecular formula is C18H14BrF4N3O2. The highest BCUT2D eigenvalue weighted by molar-refractivity contribution is 9.10. The monoisotopic (exact) mass is 459 g/mol. The Balaban J connectivity index is 2.01. The van der Waals surface area contributed by atoms with Gasteiger partial charge in [-0.15, -0.1) is 0 Å². The number of nitrogens with one attached hydrogen (secondary N) is 1. The third-order valence-corrected chi connectivity index (χ3v) is 5.05. The highest BCUT2D eigenvalue weighted by Crippen LogP contribution is 2.38. The third kappa shape index (κ3) is 3.37. The van der Waals surface area contributed by atoms with Crippen molar-refractivity contribution in [1.29, 1.82) is 0 Å². The average Bonchev–Trinajstić information content (AvgIpc) is 2.62. The Bertz CT molecular complexity index is 1110. The Morgan fingerprint density at radius 1 is 1.21 bits per heavy atom. The summed E-state index contributed by atoms with van der Waals surface area (Å²) < 4.78 is 54.6. The van der Waals surface area contributed by atoms with Crippen LogP contribution < -0.4 is 10.9 Å². The van der Waals surface area contributed by atoms with Crippen LogP contribution in [0.15, 0.2) is 45.8 Å². The smallest absolute Gasteiger partial charge is 0.376 e. The Labute approximate surface area is 164 Å². The number of fused-ring (bicyclic) bond motifs is 1. The van der Waals surface area contributed by atoms with E-state index in [1.807, 2.05) is 0 Å². The predicted molar refractivity (Wildman–Crippen MR) is 100.0 cm³/mol. The van der Waals surface area contributed by atoms with Crippen LogP contribution in [0.3, 0.4) is 0 Å². The lowest BCUT2D eigenvalue weighted by Gasteiger charge is -2.26. The number of hydrogen-bond donors (Lipinski definition) is 2. The Morgan fingerprint density at radius 3 is 2.46 bits per heavy atom. The van der Waals surface area contributed by atoms with E-state index in [0.717, 1.165) is 12.3 Å². The summed E-state index contributed by atoms with van der Waals surface area (Å²) in [4.78, 5) is 16.3. The molecule has 0 aliphatic carbocycles. The fraction of sp³-hybridized carbons (Fsp3) is 0.222. The second-order valence-electron chi connectivity index (χ2n) is 6.34. The van der Waals surface area contributed by atoms with Crippen LogP contribution in [0, 0.1) is 5.82 Å². The van der Waals surface area contributed by atoms with Gasteiger partial charge >= 0.3 is 6.18 Å². The number of halogens is 5. The maximum Gasteiger partial charge on any atom is 0.421 e. The minimum absolute atomic E-state index is 0.00479. The van der Waals surface area contributed by atoms with Gasteiger partial charge in [0, 0.05) is 24.2 Å². The van der Waals surface area contributed by atoms with Crippen molar-refractivity contribution in [2.24, 2.45) is 7.05 Å². The first-order chi connectivity index (χ1) is 12.9. The lowest BCUT2D eigenvalue weighted by molar-refractivity contribution is -0.259. The van der Waals surface area contributed by atoms with Crippen molar-refractivity contribution in [3.63, 3.8) is 0 Å². The van der Waals surface area contributed by atoms with Crippen molar-refractivity contribution in [1.82, 2.24) is 9.55 Å². The maximum absolute atomic E-state index is 14.4. The summed E-state index contributed by atoms with van der Waals surface area (Å²) in [5, 5.41) is 12.5. The lowest BCUT2D eigenvalue weighted by atomic mass is 9.97. The number of hydrogen-bond acceptors (Lipinski definition) is 4. The molecule has 0 aliphatic rings.